The van der Waals surface area contributed by atoms with E-state index in [1.165, 1.54) is 12.1 Å². The van der Waals surface area contributed by atoms with E-state index in [1.807, 2.05) is 24.4 Å². The third-order valence-electron chi connectivity index (χ3n) is 2.92. The molecular formula is C14H14N2O4S. The molecule has 1 heterocycles. The van der Waals surface area contributed by atoms with Gasteiger partial charge in [0.1, 0.15) is 0 Å². The Bertz CT molecular complexity index is 655. The zero-order valence-electron chi connectivity index (χ0n) is 11.3. The van der Waals surface area contributed by atoms with E-state index in [0.29, 0.717) is 6.42 Å². The zero-order chi connectivity index (χ0) is 15.4. The SMILES string of the molecule is CC(Cc1cccs1)NC(=O)c1cccc([N+](=O)[O-])c1O. The molecule has 0 saturated carbocycles. The Morgan fingerprint density at radius 2 is 2.19 bits per heavy atom. The third kappa shape index (κ3) is 3.57. The molecule has 1 aromatic heterocycles. The molecule has 0 saturated heterocycles. The van der Waals surface area contributed by atoms with Crippen molar-refractivity contribution in [1.82, 2.24) is 5.32 Å². The second kappa shape index (κ2) is 6.36. The number of hydrogen-bond donors (Lipinski definition) is 2. The molecule has 1 atom stereocenters. The monoisotopic (exact) mass is 306 g/mol. The summed E-state index contributed by atoms with van der Waals surface area (Å²) in [4.78, 5) is 23.2. The lowest BCUT2D eigenvalue weighted by Crippen LogP contribution is -2.33. The van der Waals surface area contributed by atoms with Crippen LogP contribution < -0.4 is 5.32 Å². The number of amides is 1. The molecule has 2 aromatic rings. The van der Waals surface area contributed by atoms with Crippen molar-refractivity contribution in [3.8, 4) is 5.75 Å². The molecule has 1 amide bonds. The van der Waals surface area contributed by atoms with Gasteiger partial charge in [-0.25, -0.2) is 0 Å². The Labute approximate surface area is 125 Å². The number of rotatable bonds is 5. The molecular weight excluding hydrogens is 292 g/mol. The predicted octanol–water partition coefficient (Wildman–Crippen LogP) is 2.72. The number of phenols is 1. The molecule has 0 aliphatic carbocycles. The Kier molecular flexibility index (Phi) is 4.54. The van der Waals surface area contributed by atoms with Gasteiger partial charge in [0.2, 0.25) is 5.75 Å². The number of carbonyl (C=O) groups excluding carboxylic acids is 1. The minimum atomic E-state index is -0.721. The molecule has 110 valence electrons. The fourth-order valence-corrected chi connectivity index (χ4v) is 2.78. The fourth-order valence-electron chi connectivity index (χ4n) is 1.94. The number of hydrogen-bond acceptors (Lipinski definition) is 5. The second-order valence-electron chi connectivity index (χ2n) is 4.59. The van der Waals surface area contributed by atoms with E-state index in [4.69, 9.17) is 0 Å². The minimum absolute atomic E-state index is 0.0952. The zero-order valence-corrected chi connectivity index (χ0v) is 12.1. The second-order valence-corrected chi connectivity index (χ2v) is 5.62. The van der Waals surface area contributed by atoms with E-state index in [-0.39, 0.29) is 11.6 Å². The van der Waals surface area contributed by atoms with Crippen LogP contribution in [0.15, 0.2) is 35.7 Å². The number of benzene rings is 1. The molecule has 0 fully saturated rings. The van der Waals surface area contributed by atoms with Crippen molar-refractivity contribution in [3.05, 3.63) is 56.3 Å². The minimum Gasteiger partial charge on any atom is -0.502 e. The predicted molar refractivity (Wildman–Crippen MR) is 79.7 cm³/mol. The Hall–Kier alpha value is -2.41. The third-order valence-corrected chi connectivity index (χ3v) is 3.82. The van der Waals surface area contributed by atoms with E-state index in [9.17, 15) is 20.0 Å². The number of nitro benzene ring substituents is 1. The van der Waals surface area contributed by atoms with Crippen LogP contribution in [-0.4, -0.2) is 22.0 Å². The molecule has 1 aromatic carbocycles. The van der Waals surface area contributed by atoms with E-state index in [2.05, 4.69) is 5.32 Å². The van der Waals surface area contributed by atoms with Crippen molar-refractivity contribution >= 4 is 22.9 Å². The Balaban J connectivity index is 2.10. The van der Waals surface area contributed by atoms with Gasteiger partial charge in [0.05, 0.1) is 10.5 Å². The summed E-state index contributed by atoms with van der Waals surface area (Å²) in [5, 5.41) is 25.2. The molecule has 2 N–H and O–H groups in total. The fraction of sp³-hybridized carbons (Fsp3) is 0.214. The normalized spacial score (nSPS) is 11.9. The van der Waals surface area contributed by atoms with Crippen molar-refractivity contribution in [1.29, 1.82) is 0 Å². The number of nitro groups is 1. The van der Waals surface area contributed by atoms with E-state index >= 15 is 0 Å². The molecule has 0 radical (unpaired) electrons. The summed E-state index contributed by atoms with van der Waals surface area (Å²) in [6.07, 6.45) is 0.666. The molecule has 0 bridgehead atoms. The largest absolute Gasteiger partial charge is 0.502 e. The molecule has 6 nitrogen and oxygen atoms in total. The highest BCUT2D eigenvalue weighted by Gasteiger charge is 2.21. The quantitative estimate of drug-likeness (QED) is 0.656. The summed E-state index contributed by atoms with van der Waals surface area (Å²) in [5.41, 5.74) is -0.573. The highest BCUT2D eigenvalue weighted by molar-refractivity contribution is 7.09. The van der Waals surface area contributed by atoms with Crippen molar-refractivity contribution in [2.24, 2.45) is 0 Å². The van der Waals surface area contributed by atoms with Crippen LogP contribution in [0.5, 0.6) is 5.75 Å². The van der Waals surface area contributed by atoms with Crippen LogP contribution in [0.2, 0.25) is 0 Å². The van der Waals surface area contributed by atoms with Crippen LogP contribution in [0.4, 0.5) is 5.69 Å². The first kappa shape index (κ1) is 15.0. The van der Waals surface area contributed by atoms with Gasteiger partial charge in [-0.2, -0.15) is 0 Å². The molecule has 0 spiro atoms. The van der Waals surface area contributed by atoms with Gasteiger partial charge < -0.3 is 10.4 Å². The maximum atomic E-state index is 12.1. The average Bonchev–Trinajstić information content (AvgIpc) is 2.91. The lowest BCUT2D eigenvalue weighted by molar-refractivity contribution is -0.385. The number of phenolic OH excluding ortho intramolecular Hbond substituents is 1. The van der Waals surface area contributed by atoms with Gasteiger partial charge in [-0.15, -0.1) is 11.3 Å². The highest BCUT2D eigenvalue weighted by atomic mass is 32.1. The summed E-state index contributed by atoms with van der Waals surface area (Å²) >= 11 is 1.59. The number of thiophene rings is 1. The average molecular weight is 306 g/mol. The van der Waals surface area contributed by atoms with Gasteiger partial charge in [-0.3, -0.25) is 14.9 Å². The Morgan fingerprint density at radius 3 is 2.81 bits per heavy atom. The molecule has 1 unspecified atom stereocenters. The van der Waals surface area contributed by atoms with Crippen LogP contribution in [0.1, 0.15) is 22.2 Å². The van der Waals surface area contributed by atoms with Gasteiger partial charge >= 0.3 is 5.69 Å². The number of carbonyl (C=O) groups is 1. The van der Waals surface area contributed by atoms with Gasteiger partial charge in [0.25, 0.3) is 5.91 Å². The first-order valence-electron chi connectivity index (χ1n) is 6.28. The molecule has 0 aliphatic rings. The standard InChI is InChI=1S/C14H14N2O4S/c1-9(8-10-4-3-7-21-10)15-14(18)11-5-2-6-12(13(11)17)16(19)20/h2-7,9,17H,8H2,1H3,(H,15,18). The number of nitrogens with zero attached hydrogens (tertiary/aromatic N) is 1. The van der Waals surface area contributed by atoms with Gasteiger partial charge in [-0.1, -0.05) is 12.1 Å². The van der Waals surface area contributed by atoms with Crippen LogP contribution in [-0.2, 0) is 6.42 Å². The lowest BCUT2D eigenvalue weighted by Gasteiger charge is -2.13. The van der Waals surface area contributed by atoms with Gasteiger partial charge in [0, 0.05) is 23.4 Å². The summed E-state index contributed by atoms with van der Waals surface area (Å²) in [7, 11) is 0. The van der Waals surface area contributed by atoms with Crippen LogP contribution >= 0.6 is 11.3 Å². The molecule has 0 aliphatic heterocycles. The van der Waals surface area contributed by atoms with E-state index in [0.717, 1.165) is 10.9 Å². The molecule has 21 heavy (non-hydrogen) atoms. The number of nitrogens with one attached hydrogen (secondary N) is 1. The number of aromatic hydroxyl groups is 1. The molecule has 7 heteroatoms. The topological polar surface area (TPSA) is 92.5 Å². The van der Waals surface area contributed by atoms with Crippen molar-refractivity contribution < 1.29 is 14.8 Å². The highest BCUT2D eigenvalue weighted by Crippen LogP contribution is 2.29. The number of para-hydroxylation sites is 1. The van der Waals surface area contributed by atoms with Crippen LogP contribution in [0.3, 0.4) is 0 Å². The van der Waals surface area contributed by atoms with E-state index in [1.54, 1.807) is 11.3 Å². The first-order valence-corrected chi connectivity index (χ1v) is 7.16. The smallest absolute Gasteiger partial charge is 0.311 e. The summed E-state index contributed by atoms with van der Waals surface area (Å²) < 4.78 is 0. The van der Waals surface area contributed by atoms with Crippen molar-refractivity contribution in [2.75, 3.05) is 0 Å². The summed E-state index contributed by atoms with van der Waals surface area (Å²) in [6.45, 7) is 1.84. The summed E-state index contributed by atoms with van der Waals surface area (Å²) in [6, 6.07) is 7.64. The molecule has 2 rings (SSSR count). The maximum absolute atomic E-state index is 12.1. The van der Waals surface area contributed by atoms with Gasteiger partial charge in [-0.05, 0) is 24.4 Å². The van der Waals surface area contributed by atoms with Crippen LogP contribution in [0.25, 0.3) is 0 Å². The maximum Gasteiger partial charge on any atom is 0.311 e. The Morgan fingerprint density at radius 1 is 1.43 bits per heavy atom. The van der Waals surface area contributed by atoms with Crippen molar-refractivity contribution in [3.63, 3.8) is 0 Å². The van der Waals surface area contributed by atoms with Gasteiger partial charge in [0.15, 0.2) is 0 Å². The lowest BCUT2D eigenvalue weighted by atomic mass is 10.1. The summed E-state index contributed by atoms with van der Waals surface area (Å²) in [5.74, 6) is -1.14. The first-order chi connectivity index (χ1) is 9.99. The van der Waals surface area contributed by atoms with Crippen molar-refractivity contribution in [2.45, 2.75) is 19.4 Å². The van der Waals surface area contributed by atoms with E-state index < -0.39 is 22.3 Å². The van der Waals surface area contributed by atoms with Crippen LogP contribution in [0, 0.1) is 10.1 Å².